The highest BCUT2D eigenvalue weighted by atomic mass is 19.1. The van der Waals surface area contributed by atoms with E-state index in [1.165, 1.54) is 6.07 Å². The number of anilines is 2. The van der Waals surface area contributed by atoms with Gasteiger partial charge in [0, 0.05) is 17.7 Å². The Kier molecular flexibility index (Phi) is 5.93. The van der Waals surface area contributed by atoms with Crippen LogP contribution in [0.1, 0.15) is 25.2 Å². The van der Waals surface area contributed by atoms with Gasteiger partial charge in [-0.05, 0) is 69.7 Å². The molecular weight excluding hydrogens is 411 g/mol. The summed E-state index contributed by atoms with van der Waals surface area (Å²) < 4.78 is 25.7. The summed E-state index contributed by atoms with van der Waals surface area (Å²) in [6.45, 7) is 5.83. The second-order valence-electron chi connectivity index (χ2n) is 8.61. The Morgan fingerprint density at radius 1 is 1.25 bits per heavy atom. The van der Waals surface area contributed by atoms with Crippen LogP contribution >= 0.6 is 0 Å². The molecule has 168 valence electrons. The van der Waals surface area contributed by atoms with Crippen LogP contribution in [-0.4, -0.2) is 36.3 Å². The molecule has 3 aromatic rings. The number of nitrogens with one attached hydrogen (secondary N) is 1. The van der Waals surface area contributed by atoms with Crippen molar-refractivity contribution in [3.8, 4) is 17.1 Å². The molecule has 0 saturated carbocycles. The molecule has 0 fully saturated rings. The molecule has 7 heteroatoms. The van der Waals surface area contributed by atoms with Gasteiger partial charge in [0.05, 0.1) is 23.5 Å². The van der Waals surface area contributed by atoms with Crippen LogP contribution in [0.25, 0.3) is 11.3 Å². The van der Waals surface area contributed by atoms with E-state index in [9.17, 15) is 14.3 Å². The number of carbonyl (C=O) groups excluding carboxylic acids is 1. The highest BCUT2D eigenvalue weighted by molar-refractivity contribution is 5.98. The summed E-state index contributed by atoms with van der Waals surface area (Å²) in [6, 6.07) is 13.9. The molecule has 0 unspecified atom stereocenters. The number of amides is 1. The van der Waals surface area contributed by atoms with Crippen LogP contribution in [0.2, 0.25) is 0 Å². The molecular formula is C25H27FN2O4. The monoisotopic (exact) mass is 438 g/mol. The van der Waals surface area contributed by atoms with Crippen molar-refractivity contribution < 1.29 is 23.4 Å². The number of hydrogen-bond acceptors (Lipinski definition) is 5. The molecule has 0 bridgehead atoms. The molecule has 6 nitrogen and oxygen atoms in total. The van der Waals surface area contributed by atoms with E-state index in [2.05, 4.69) is 5.32 Å². The zero-order valence-corrected chi connectivity index (χ0v) is 18.4. The largest absolute Gasteiger partial charge is 0.490 e. The summed E-state index contributed by atoms with van der Waals surface area (Å²) in [5.41, 5.74) is 1.74. The Morgan fingerprint density at radius 3 is 2.78 bits per heavy atom. The van der Waals surface area contributed by atoms with Gasteiger partial charge in [-0.15, -0.1) is 0 Å². The first-order valence-corrected chi connectivity index (χ1v) is 10.6. The van der Waals surface area contributed by atoms with Crippen LogP contribution < -0.4 is 15.0 Å². The maximum absolute atomic E-state index is 14.3. The Labute approximate surface area is 186 Å². The van der Waals surface area contributed by atoms with Crippen LogP contribution in [0.4, 0.5) is 15.8 Å². The maximum atomic E-state index is 14.3. The quantitative estimate of drug-likeness (QED) is 0.566. The lowest BCUT2D eigenvalue weighted by Gasteiger charge is -2.21. The average Bonchev–Trinajstić information content (AvgIpc) is 3.37. The molecule has 2 aromatic carbocycles. The molecule has 1 aromatic heterocycles. The van der Waals surface area contributed by atoms with E-state index in [1.54, 1.807) is 30.9 Å². The standard InChI is InChI=1S/C25H27FN2O4/c1-16-7-10-22(32-16)17-8-9-19(26)20(13-17)27-14-24(29)28-12-11-18-21(28)5-4-6-23(18)31-15-25(2,3)30/h4-10,13,27,30H,11-12,14-15H2,1-3H3. The molecule has 0 saturated heterocycles. The van der Waals surface area contributed by atoms with E-state index in [-0.39, 0.29) is 24.7 Å². The first-order valence-electron chi connectivity index (χ1n) is 10.6. The number of furan rings is 1. The van der Waals surface area contributed by atoms with Crippen molar-refractivity contribution in [1.82, 2.24) is 0 Å². The second-order valence-corrected chi connectivity index (χ2v) is 8.61. The van der Waals surface area contributed by atoms with Crippen LogP contribution in [0, 0.1) is 12.7 Å². The number of fused-ring (bicyclic) bond motifs is 1. The topological polar surface area (TPSA) is 74.9 Å². The van der Waals surface area contributed by atoms with Gasteiger partial charge >= 0.3 is 0 Å². The minimum absolute atomic E-state index is 0.0498. The Hall–Kier alpha value is -3.32. The van der Waals surface area contributed by atoms with Crippen molar-refractivity contribution in [2.24, 2.45) is 0 Å². The third-order valence-corrected chi connectivity index (χ3v) is 5.29. The number of benzene rings is 2. The molecule has 0 aliphatic carbocycles. The summed E-state index contributed by atoms with van der Waals surface area (Å²) in [5.74, 6) is 1.48. The highest BCUT2D eigenvalue weighted by Crippen LogP contribution is 2.35. The van der Waals surface area contributed by atoms with Gasteiger partial charge in [0.25, 0.3) is 0 Å². The number of rotatable bonds is 7. The molecule has 2 heterocycles. The second kappa shape index (κ2) is 8.67. The normalized spacial score (nSPS) is 13.2. The van der Waals surface area contributed by atoms with Gasteiger partial charge in [-0.2, -0.15) is 0 Å². The third-order valence-electron chi connectivity index (χ3n) is 5.29. The van der Waals surface area contributed by atoms with E-state index in [1.807, 2.05) is 37.3 Å². The molecule has 0 spiro atoms. The van der Waals surface area contributed by atoms with Crippen molar-refractivity contribution in [3.63, 3.8) is 0 Å². The fraction of sp³-hybridized carbons (Fsp3) is 0.320. The van der Waals surface area contributed by atoms with Crippen LogP contribution in [0.5, 0.6) is 5.75 Å². The van der Waals surface area contributed by atoms with Gasteiger partial charge in [-0.3, -0.25) is 4.79 Å². The summed E-state index contributed by atoms with van der Waals surface area (Å²) in [5, 5.41) is 12.9. The molecule has 1 aliphatic rings. The highest BCUT2D eigenvalue weighted by Gasteiger charge is 2.27. The zero-order valence-electron chi connectivity index (χ0n) is 18.4. The molecule has 1 aliphatic heterocycles. The third kappa shape index (κ3) is 4.78. The van der Waals surface area contributed by atoms with E-state index < -0.39 is 11.4 Å². The summed E-state index contributed by atoms with van der Waals surface area (Å²) >= 11 is 0. The fourth-order valence-corrected chi connectivity index (χ4v) is 3.72. The smallest absolute Gasteiger partial charge is 0.246 e. The predicted molar refractivity (Wildman–Crippen MR) is 122 cm³/mol. The minimum Gasteiger partial charge on any atom is -0.490 e. The predicted octanol–water partition coefficient (Wildman–Crippen LogP) is 4.55. The fourth-order valence-electron chi connectivity index (χ4n) is 3.72. The van der Waals surface area contributed by atoms with Gasteiger partial charge in [0.2, 0.25) is 5.91 Å². The molecule has 4 rings (SSSR count). The van der Waals surface area contributed by atoms with Gasteiger partial charge in [-0.1, -0.05) is 6.07 Å². The Morgan fingerprint density at radius 2 is 2.06 bits per heavy atom. The van der Waals surface area contributed by atoms with E-state index in [0.29, 0.717) is 24.5 Å². The lowest BCUT2D eigenvalue weighted by molar-refractivity contribution is -0.116. The van der Waals surface area contributed by atoms with Crippen molar-refractivity contribution in [3.05, 3.63) is 65.7 Å². The lowest BCUT2D eigenvalue weighted by Crippen LogP contribution is -2.34. The average molecular weight is 438 g/mol. The number of aliphatic hydroxyl groups is 1. The molecule has 1 amide bonds. The van der Waals surface area contributed by atoms with Gasteiger partial charge < -0.3 is 24.5 Å². The van der Waals surface area contributed by atoms with Crippen LogP contribution in [0.15, 0.2) is 52.9 Å². The summed E-state index contributed by atoms with van der Waals surface area (Å²) in [6.07, 6.45) is 0.658. The SMILES string of the molecule is Cc1ccc(-c2ccc(F)c(NCC(=O)N3CCc4c(OCC(C)(C)O)cccc43)c2)o1. The first-order chi connectivity index (χ1) is 15.2. The number of aryl methyl sites for hydroxylation is 1. The van der Waals surface area contributed by atoms with Gasteiger partial charge in [0.1, 0.15) is 29.7 Å². The summed E-state index contributed by atoms with van der Waals surface area (Å²) in [7, 11) is 0. The molecule has 0 radical (unpaired) electrons. The van der Waals surface area contributed by atoms with E-state index >= 15 is 0 Å². The Bertz CT molecular complexity index is 1130. The number of carbonyl (C=O) groups is 1. The van der Waals surface area contributed by atoms with E-state index in [0.717, 1.165) is 22.6 Å². The Balaban J connectivity index is 1.45. The molecule has 2 N–H and O–H groups in total. The number of hydrogen-bond donors (Lipinski definition) is 2. The van der Waals surface area contributed by atoms with E-state index in [4.69, 9.17) is 9.15 Å². The molecule has 32 heavy (non-hydrogen) atoms. The van der Waals surface area contributed by atoms with Crippen LogP contribution in [-0.2, 0) is 11.2 Å². The number of ether oxygens (including phenoxy) is 1. The summed E-state index contributed by atoms with van der Waals surface area (Å²) in [4.78, 5) is 14.6. The first kappa shape index (κ1) is 21.9. The van der Waals surface area contributed by atoms with Crippen molar-refractivity contribution in [2.45, 2.75) is 32.8 Å². The number of nitrogens with zero attached hydrogens (tertiary/aromatic N) is 1. The van der Waals surface area contributed by atoms with Crippen molar-refractivity contribution in [1.29, 1.82) is 0 Å². The minimum atomic E-state index is -0.951. The maximum Gasteiger partial charge on any atom is 0.246 e. The van der Waals surface area contributed by atoms with Gasteiger partial charge in [-0.25, -0.2) is 4.39 Å². The van der Waals surface area contributed by atoms with Crippen LogP contribution in [0.3, 0.4) is 0 Å². The lowest BCUT2D eigenvalue weighted by atomic mass is 10.1. The van der Waals surface area contributed by atoms with Crippen molar-refractivity contribution in [2.75, 3.05) is 29.9 Å². The molecule has 0 atom stereocenters. The number of halogens is 1. The van der Waals surface area contributed by atoms with Crippen molar-refractivity contribution >= 4 is 17.3 Å². The van der Waals surface area contributed by atoms with Gasteiger partial charge in [0.15, 0.2) is 0 Å². The zero-order chi connectivity index (χ0) is 22.9.